The molecule has 0 spiro atoms. The van der Waals surface area contributed by atoms with E-state index < -0.39 is 5.97 Å². The molecule has 2 amide bonds. The number of nitrogens with zero attached hydrogens (tertiary/aromatic N) is 1. The van der Waals surface area contributed by atoms with Gasteiger partial charge >= 0.3 is 12.0 Å². The number of anilines is 2. The van der Waals surface area contributed by atoms with Crippen LogP contribution in [0.25, 0.3) is 0 Å². The number of unbranched alkanes of at least 4 members (excludes halogenated alkanes) is 3. The lowest BCUT2D eigenvalue weighted by Crippen LogP contribution is -2.29. The van der Waals surface area contributed by atoms with Crippen LogP contribution in [-0.4, -0.2) is 37.7 Å². The lowest BCUT2D eigenvalue weighted by molar-refractivity contribution is -0.137. The minimum absolute atomic E-state index is 0.219. The van der Waals surface area contributed by atoms with Crippen LogP contribution in [0.1, 0.15) is 32.1 Å². The van der Waals surface area contributed by atoms with Gasteiger partial charge in [0.05, 0.1) is 0 Å². The summed E-state index contributed by atoms with van der Waals surface area (Å²) in [5, 5.41) is 14.1. The van der Waals surface area contributed by atoms with E-state index >= 15 is 0 Å². The second kappa shape index (κ2) is 9.65. The summed E-state index contributed by atoms with van der Waals surface area (Å²) in [6.45, 7) is 0.592. The van der Waals surface area contributed by atoms with Crippen molar-refractivity contribution in [2.45, 2.75) is 32.1 Å². The molecule has 0 aliphatic heterocycles. The first-order valence-electron chi connectivity index (χ1n) is 7.53. The molecule has 1 aromatic rings. The van der Waals surface area contributed by atoms with Gasteiger partial charge in [-0.2, -0.15) is 0 Å². The Morgan fingerprint density at radius 3 is 2.27 bits per heavy atom. The molecule has 0 heterocycles. The number of benzene rings is 1. The number of aliphatic carboxylic acids is 1. The van der Waals surface area contributed by atoms with Gasteiger partial charge in [0.2, 0.25) is 0 Å². The number of nitrogens with one attached hydrogen (secondary N) is 2. The third-order valence-corrected chi connectivity index (χ3v) is 3.24. The number of carbonyl (C=O) groups is 2. The van der Waals surface area contributed by atoms with Gasteiger partial charge in [-0.1, -0.05) is 12.8 Å². The van der Waals surface area contributed by atoms with Crippen LogP contribution in [0.15, 0.2) is 24.3 Å². The van der Waals surface area contributed by atoms with Crippen molar-refractivity contribution in [2.24, 2.45) is 0 Å². The molecule has 0 atom stereocenters. The first-order valence-corrected chi connectivity index (χ1v) is 7.53. The second-order valence-electron chi connectivity index (χ2n) is 5.38. The second-order valence-corrected chi connectivity index (χ2v) is 5.38. The number of carbonyl (C=O) groups excluding carboxylic acids is 1. The van der Waals surface area contributed by atoms with Crippen molar-refractivity contribution in [3.63, 3.8) is 0 Å². The Kier molecular flexibility index (Phi) is 7.81. The standard InChI is InChI=1S/C16H25N3O3/c1-19(2)14-10-8-13(9-11-14)18-16(22)17-12-6-4-3-5-7-15(20)21/h8-11H,3-7,12H2,1-2H3,(H,20,21)(H2,17,18,22). The molecule has 0 unspecified atom stereocenters. The van der Waals surface area contributed by atoms with Crippen molar-refractivity contribution in [3.8, 4) is 0 Å². The van der Waals surface area contributed by atoms with Crippen LogP contribution in [0, 0.1) is 0 Å². The van der Waals surface area contributed by atoms with Crippen LogP contribution in [0.3, 0.4) is 0 Å². The first-order chi connectivity index (χ1) is 10.5. The van der Waals surface area contributed by atoms with Crippen molar-refractivity contribution in [3.05, 3.63) is 24.3 Å². The Morgan fingerprint density at radius 2 is 1.68 bits per heavy atom. The maximum absolute atomic E-state index is 11.7. The summed E-state index contributed by atoms with van der Waals surface area (Å²) in [4.78, 5) is 24.0. The highest BCUT2D eigenvalue weighted by Gasteiger charge is 2.02. The van der Waals surface area contributed by atoms with E-state index in [2.05, 4.69) is 10.6 Å². The maximum Gasteiger partial charge on any atom is 0.319 e. The minimum atomic E-state index is -0.752. The highest BCUT2D eigenvalue weighted by molar-refractivity contribution is 5.89. The fourth-order valence-corrected chi connectivity index (χ4v) is 1.97. The Bertz CT molecular complexity index is 472. The van der Waals surface area contributed by atoms with E-state index in [1.54, 1.807) is 0 Å². The molecule has 122 valence electrons. The monoisotopic (exact) mass is 307 g/mol. The van der Waals surface area contributed by atoms with Gasteiger partial charge < -0.3 is 20.6 Å². The summed E-state index contributed by atoms with van der Waals surface area (Å²) in [5.74, 6) is -0.752. The average molecular weight is 307 g/mol. The van der Waals surface area contributed by atoms with Gasteiger partial charge in [0, 0.05) is 38.4 Å². The highest BCUT2D eigenvalue weighted by atomic mass is 16.4. The number of carboxylic acids is 1. The molecule has 22 heavy (non-hydrogen) atoms. The topological polar surface area (TPSA) is 81.7 Å². The average Bonchev–Trinajstić information content (AvgIpc) is 2.46. The molecule has 0 saturated heterocycles. The predicted octanol–water partition coefficient (Wildman–Crippen LogP) is 2.91. The smallest absolute Gasteiger partial charge is 0.319 e. The summed E-state index contributed by atoms with van der Waals surface area (Å²) >= 11 is 0. The van der Waals surface area contributed by atoms with Gasteiger partial charge in [-0.05, 0) is 37.1 Å². The quantitative estimate of drug-likeness (QED) is 0.613. The number of rotatable bonds is 9. The van der Waals surface area contributed by atoms with E-state index in [-0.39, 0.29) is 12.5 Å². The van der Waals surface area contributed by atoms with Crippen LogP contribution < -0.4 is 15.5 Å². The predicted molar refractivity (Wildman–Crippen MR) is 88.5 cm³/mol. The molecule has 1 rings (SSSR count). The fourth-order valence-electron chi connectivity index (χ4n) is 1.97. The van der Waals surface area contributed by atoms with Crippen LogP contribution in [-0.2, 0) is 4.79 Å². The Morgan fingerprint density at radius 1 is 1.05 bits per heavy atom. The number of hydrogen-bond acceptors (Lipinski definition) is 3. The van der Waals surface area contributed by atoms with Crippen LogP contribution >= 0.6 is 0 Å². The molecular formula is C16H25N3O3. The normalized spacial score (nSPS) is 10.1. The number of urea groups is 1. The van der Waals surface area contributed by atoms with E-state index in [0.717, 1.165) is 30.6 Å². The van der Waals surface area contributed by atoms with Crippen molar-refractivity contribution in [1.82, 2.24) is 5.32 Å². The number of carboxylic acid groups (broad SMARTS) is 1. The molecule has 0 aliphatic carbocycles. The van der Waals surface area contributed by atoms with Gasteiger partial charge in [0.25, 0.3) is 0 Å². The summed E-state index contributed by atoms with van der Waals surface area (Å²) in [6, 6.07) is 7.39. The Hall–Kier alpha value is -2.24. The fraction of sp³-hybridized carbons (Fsp3) is 0.500. The zero-order valence-electron chi connectivity index (χ0n) is 13.3. The zero-order valence-corrected chi connectivity index (χ0v) is 13.3. The van der Waals surface area contributed by atoms with Crippen LogP contribution in [0.4, 0.5) is 16.2 Å². The SMILES string of the molecule is CN(C)c1ccc(NC(=O)NCCCCCCC(=O)O)cc1. The van der Waals surface area contributed by atoms with E-state index in [0.29, 0.717) is 13.0 Å². The lowest BCUT2D eigenvalue weighted by atomic mass is 10.1. The molecule has 0 aliphatic rings. The van der Waals surface area contributed by atoms with E-state index in [9.17, 15) is 9.59 Å². The molecule has 3 N–H and O–H groups in total. The molecule has 0 bridgehead atoms. The molecule has 0 saturated carbocycles. The van der Waals surface area contributed by atoms with Crippen molar-refractivity contribution >= 4 is 23.4 Å². The largest absolute Gasteiger partial charge is 0.481 e. The molecule has 1 aromatic carbocycles. The lowest BCUT2D eigenvalue weighted by Gasteiger charge is -2.13. The summed E-state index contributed by atoms with van der Waals surface area (Å²) < 4.78 is 0. The van der Waals surface area contributed by atoms with Crippen molar-refractivity contribution < 1.29 is 14.7 Å². The number of amides is 2. The Balaban J connectivity index is 2.14. The summed E-state index contributed by atoms with van der Waals surface area (Å²) in [6.07, 6.45) is 3.57. The molecule has 6 nitrogen and oxygen atoms in total. The summed E-state index contributed by atoms with van der Waals surface area (Å²) in [5.41, 5.74) is 1.83. The summed E-state index contributed by atoms with van der Waals surface area (Å²) in [7, 11) is 3.93. The zero-order chi connectivity index (χ0) is 16.4. The highest BCUT2D eigenvalue weighted by Crippen LogP contribution is 2.15. The molecular weight excluding hydrogens is 282 g/mol. The van der Waals surface area contributed by atoms with Gasteiger partial charge in [0.15, 0.2) is 0 Å². The van der Waals surface area contributed by atoms with E-state index in [1.807, 2.05) is 43.3 Å². The minimum Gasteiger partial charge on any atom is -0.481 e. The van der Waals surface area contributed by atoms with Crippen molar-refractivity contribution in [1.29, 1.82) is 0 Å². The Labute approximate surface area is 131 Å². The first kappa shape index (κ1) is 17.8. The molecule has 0 fully saturated rings. The third-order valence-electron chi connectivity index (χ3n) is 3.24. The molecule has 0 aromatic heterocycles. The van der Waals surface area contributed by atoms with Crippen molar-refractivity contribution in [2.75, 3.05) is 30.9 Å². The van der Waals surface area contributed by atoms with Gasteiger partial charge in [-0.3, -0.25) is 4.79 Å². The van der Waals surface area contributed by atoms with Gasteiger partial charge in [0.1, 0.15) is 0 Å². The van der Waals surface area contributed by atoms with Crippen LogP contribution in [0.2, 0.25) is 0 Å². The molecule has 0 radical (unpaired) electrons. The number of hydrogen-bond donors (Lipinski definition) is 3. The van der Waals surface area contributed by atoms with Gasteiger partial charge in [-0.15, -0.1) is 0 Å². The third kappa shape index (κ3) is 7.52. The van der Waals surface area contributed by atoms with E-state index in [1.165, 1.54) is 0 Å². The van der Waals surface area contributed by atoms with Crippen LogP contribution in [0.5, 0.6) is 0 Å². The van der Waals surface area contributed by atoms with Gasteiger partial charge in [-0.25, -0.2) is 4.79 Å². The van der Waals surface area contributed by atoms with E-state index in [4.69, 9.17) is 5.11 Å². The maximum atomic E-state index is 11.7. The molecule has 6 heteroatoms.